The Kier molecular flexibility index (Phi) is 4.50. The van der Waals surface area contributed by atoms with Crippen LogP contribution in [-0.4, -0.2) is 23.4 Å². The Morgan fingerprint density at radius 2 is 1.65 bits per heavy atom. The third-order valence-corrected chi connectivity index (χ3v) is 5.87. The van der Waals surface area contributed by atoms with Crippen molar-refractivity contribution in [3.05, 3.63) is 23.8 Å². The lowest BCUT2D eigenvalue weighted by molar-refractivity contribution is 0.00578. The van der Waals surface area contributed by atoms with Gasteiger partial charge in [0.25, 0.3) is 0 Å². The summed E-state index contributed by atoms with van der Waals surface area (Å²) in [4.78, 5) is 0. The fourth-order valence-corrected chi connectivity index (χ4v) is 3.67. The van der Waals surface area contributed by atoms with Crippen LogP contribution in [0, 0.1) is 5.92 Å². The molecule has 0 atom stereocenters. The smallest absolute Gasteiger partial charge is 0.495 e. The van der Waals surface area contributed by atoms with Crippen molar-refractivity contribution in [2.45, 2.75) is 77.4 Å². The normalized spacial score (nSPS) is 24.1. The lowest BCUT2D eigenvalue weighted by Crippen LogP contribution is -2.41. The van der Waals surface area contributed by atoms with E-state index in [-0.39, 0.29) is 18.3 Å². The molecule has 1 saturated heterocycles. The minimum atomic E-state index is -0.348. The Balaban J connectivity index is 1.85. The van der Waals surface area contributed by atoms with Gasteiger partial charge in [-0.2, -0.15) is 0 Å². The predicted molar refractivity (Wildman–Crippen MR) is 94.1 cm³/mol. The van der Waals surface area contributed by atoms with Crippen molar-refractivity contribution in [3.63, 3.8) is 0 Å². The molecule has 1 aliphatic heterocycles. The Bertz CT molecular complexity index is 546. The van der Waals surface area contributed by atoms with Crippen LogP contribution < -0.4 is 5.46 Å². The lowest BCUT2D eigenvalue weighted by atomic mass is 9.73. The largest absolute Gasteiger partial charge is 0.508 e. The van der Waals surface area contributed by atoms with Crippen LogP contribution in [0.2, 0.25) is 0 Å². The van der Waals surface area contributed by atoms with Crippen LogP contribution in [0.4, 0.5) is 0 Å². The summed E-state index contributed by atoms with van der Waals surface area (Å²) in [6, 6.07) is 5.61. The van der Waals surface area contributed by atoms with Crippen LogP contribution in [-0.2, 0) is 15.7 Å². The van der Waals surface area contributed by atoms with E-state index in [9.17, 15) is 5.11 Å². The number of aromatic hydroxyl groups is 1. The second-order valence-corrected chi connectivity index (χ2v) is 8.18. The van der Waals surface area contributed by atoms with Gasteiger partial charge < -0.3 is 14.4 Å². The molecule has 0 spiro atoms. The topological polar surface area (TPSA) is 38.7 Å². The molecule has 1 aromatic carbocycles. The zero-order chi connectivity index (χ0) is 16.7. The maximum Gasteiger partial charge on any atom is 0.495 e. The van der Waals surface area contributed by atoms with Gasteiger partial charge in [-0.15, -0.1) is 0 Å². The second-order valence-electron chi connectivity index (χ2n) is 8.18. The second kappa shape index (κ2) is 6.14. The van der Waals surface area contributed by atoms with E-state index in [0.29, 0.717) is 11.7 Å². The van der Waals surface area contributed by atoms with Crippen molar-refractivity contribution in [1.29, 1.82) is 0 Å². The molecule has 1 saturated carbocycles. The van der Waals surface area contributed by atoms with E-state index in [1.807, 2.05) is 12.1 Å². The number of hydrogen-bond acceptors (Lipinski definition) is 3. The van der Waals surface area contributed by atoms with Gasteiger partial charge >= 0.3 is 7.12 Å². The van der Waals surface area contributed by atoms with Crippen LogP contribution in [0.25, 0.3) is 0 Å². The number of phenolic OH excluding ortho intramolecular Hbond substituents is 1. The summed E-state index contributed by atoms with van der Waals surface area (Å²) in [6.45, 7) is 8.31. The van der Waals surface area contributed by atoms with Gasteiger partial charge in [0.2, 0.25) is 0 Å². The Morgan fingerprint density at radius 1 is 1.04 bits per heavy atom. The zero-order valence-electron chi connectivity index (χ0n) is 14.9. The average molecular weight is 316 g/mol. The third-order valence-electron chi connectivity index (χ3n) is 5.87. The van der Waals surface area contributed by atoms with Gasteiger partial charge in [-0.1, -0.05) is 38.2 Å². The molecule has 1 heterocycles. The SMILES string of the molecule is CC1(C)OB(c2ccc(O)cc2CC2CCCCC2)OC1(C)C. The van der Waals surface area contributed by atoms with Crippen LogP contribution in [0.5, 0.6) is 5.75 Å². The fraction of sp³-hybridized carbons (Fsp3) is 0.684. The first-order valence-corrected chi connectivity index (χ1v) is 8.96. The quantitative estimate of drug-likeness (QED) is 0.862. The summed E-state index contributed by atoms with van der Waals surface area (Å²) in [5.41, 5.74) is 1.58. The maximum atomic E-state index is 9.93. The van der Waals surface area contributed by atoms with Crippen LogP contribution >= 0.6 is 0 Å². The number of hydrogen-bond donors (Lipinski definition) is 1. The van der Waals surface area contributed by atoms with Gasteiger partial charge in [0, 0.05) is 0 Å². The van der Waals surface area contributed by atoms with E-state index in [2.05, 4.69) is 27.7 Å². The van der Waals surface area contributed by atoms with E-state index >= 15 is 0 Å². The van der Waals surface area contributed by atoms with Crippen LogP contribution in [0.15, 0.2) is 18.2 Å². The molecule has 126 valence electrons. The first kappa shape index (κ1) is 16.8. The van der Waals surface area contributed by atoms with Gasteiger partial charge in [-0.25, -0.2) is 0 Å². The molecule has 3 nitrogen and oxygen atoms in total. The summed E-state index contributed by atoms with van der Waals surface area (Å²) in [5, 5.41) is 9.93. The molecule has 2 fully saturated rings. The molecule has 0 bridgehead atoms. The summed E-state index contributed by atoms with van der Waals surface area (Å²) in [7, 11) is -0.348. The Labute approximate surface area is 140 Å². The molecular weight excluding hydrogens is 287 g/mol. The zero-order valence-corrected chi connectivity index (χ0v) is 14.9. The highest BCUT2D eigenvalue weighted by atomic mass is 16.7. The van der Waals surface area contributed by atoms with Crippen LogP contribution in [0.1, 0.15) is 65.4 Å². The lowest BCUT2D eigenvalue weighted by Gasteiger charge is -2.32. The van der Waals surface area contributed by atoms with Crippen molar-refractivity contribution in [3.8, 4) is 5.75 Å². The highest BCUT2D eigenvalue weighted by molar-refractivity contribution is 6.62. The maximum absolute atomic E-state index is 9.93. The first-order valence-electron chi connectivity index (χ1n) is 8.96. The number of phenols is 1. The first-order chi connectivity index (χ1) is 10.8. The van der Waals surface area contributed by atoms with E-state index in [1.165, 1.54) is 37.7 Å². The number of benzene rings is 1. The van der Waals surface area contributed by atoms with E-state index in [1.54, 1.807) is 6.07 Å². The third kappa shape index (κ3) is 3.43. The summed E-state index contributed by atoms with van der Waals surface area (Å²) in [5.74, 6) is 1.04. The van der Waals surface area contributed by atoms with Crippen molar-refractivity contribution in [2.75, 3.05) is 0 Å². The monoisotopic (exact) mass is 316 g/mol. The van der Waals surface area contributed by atoms with Crippen molar-refractivity contribution >= 4 is 12.6 Å². The summed E-state index contributed by atoms with van der Waals surface area (Å²) >= 11 is 0. The molecule has 1 aromatic rings. The highest BCUT2D eigenvalue weighted by Crippen LogP contribution is 2.37. The molecular formula is C19H29BO3. The van der Waals surface area contributed by atoms with Gasteiger partial charge in [0.15, 0.2) is 0 Å². The van der Waals surface area contributed by atoms with Crippen LogP contribution in [0.3, 0.4) is 0 Å². The molecule has 0 unspecified atom stereocenters. The van der Waals surface area contributed by atoms with Gasteiger partial charge in [0.05, 0.1) is 11.2 Å². The molecule has 1 aliphatic carbocycles. The minimum Gasteiger partial charge on any atom is -0.508 e. The molecule has 2 aliphatic rings. The van der Waals surface area contributed by atoms with Crippen molar-refractivity contribution in [1.82, 2.24) is 0 Å². The fourth-order valence-electron chi connectivity index (χ4n) is 3.67. The van der Waals surface area contributed by atoms with E-state index in [0.717, 1.165) is 11.9 Å². The summed E-state index contributed by atoms with van der Waals surface area (Å²) < 4.78 is 12.4. The Morgan fingerprint density at radius 3 is 2.26 bits per heavy atom. The molecule has 4 heteroatoms. The van der Waals surface area contributed by atoms with Gasteiger partial charge in [0.1, 0.15) is 5.75 Å². The van der Waals surface area contributed by atoms with E-state index < -0.39 is 0 Å². The predicted octanol–water partition coefficient (Wildman–Crippen LogP) is 3.81. The molecule has 0 amide bonds. The molecule has 0 radical (unpaired) electrons. The summed E-state index contributed by atoms with van der Waals surface area (Å²) in [6.07, 6.45) is 7.61. The molecule has 3 rings (SSSR count). The Hall–Kier alpha value is -0.995. The molecule has 1 N–H and O–H groups in total. The van der Waals surface area contributed by atoms with Crippen molar-refractivity contribution < 1.29 is 14.4 Å². The van der Waals surface area contributed by atoms with Crippen molar-refractivity contribution in [2.24, 2.45) is 5.92 Å². The molecule has 0 aromatic heterocycles. The standard InChI is InChI=1S/C19H29BO3/c1-18(2)19(3,4)23-20(22-18)17-11-10-16(21)13-15(17)12-14-8-6-5-7-9-14/h10-11,13-14,21H,5-9,12H2,1-4H3. The number of rotatable bonds is 3. The van der Waals surface area contributed by atoms with Gasteiger partial charge in [-0.3, -0.25) is 0 Å². The molecule has 23 heavy (non-hydrogen) atoms. The van der Waals surface area contributed by atoms with Gasteiger partial charge in [-0.05, 0) is 63.2 Å². The van der Waals surface area contributed by atoms with E-state index in [4.69, 9.17) is 9.31 Å². The average Bonchev–Trinajstić information content (AvgIpc) is 2.68. The highest BCUT2D eigenvalue weighted by Gasteiger charge is 2.52. The minimum absolute atomic E-state index is 0.330.